The Hall–Kier alpha value is -2.68. The van der Waals surface area contributed by atoms with Gasteiger partial charge in [0, 0.05) is 37.9 Å². The number of hydrogen-bond donors (Lipinski definition) is 1. The second kappa shape index (κ2) is 9.21. The van der Waals surface area contributed by atoms with E-state index in [2.05, 4.69) is 15.5 Å². The van der Waals surface area contributed by atoms with E-state index in [-0.39, 0.29) is 30.2 Å². The van der Waals surface area contributed by atoms with E-state index in [1.165, 1.54) is 0 Å². The summed E-state index contributed by atoms with van der Waals surface area (Å²) in [6.45, 7) is 2.63. The minimum Gasteiger partial charge on any atom is -0.461 e. The lowest BCUT2D eigenvalue weighted by Gasteiger charge is -2.34. The smallest absolute Gasteiger partial charge is 0.238 e. The van der Waals surface area contributed by atoms with E-state index >= 15 is 0 Å². The minimum atomic E-state index is -0.0364. The average molecular weight is 402 g/mol. The highest BCUT2D eigenvalue weighted by Gasteiger charge is 2.30. The van der Waals surface area contributed by atoms with Crippen LogP contribution in [0.4, 0.5) is 0 Å². The lowest BCUT2D eigenvalue weighted by Crippen LogP contribution is -2.46. The number of aryl methyl sites for hydroxylation is 1. The number of furan rings is 1. The number of aromatic nitrogens is 2. The molecule has 4 rings (SSSR count). The van der Waals surface area contributed by atoms with Crippen LogP contribution in [0.5, 0.6) is 0 Å². The maximum Gasteiger partial charge on any atom is 0.238 e. The molecule has 3 heterocycles. The van der Waals surface area contributed by atoms with E-state index in [9.17, 15) is 9.59 Å². The zero-order valence-electron chi connectivity index (χ0n) is 16.3. The van der Waals surface area contributed by atoms with Gasteiger partial charge in [0.05, 0.1) is 19.5 Å². The van der Waals surface area contributed by atoms with Crippen molar-refractivity contribution in [2.75, 3.05) is 26.3 Å². The van der Waals surface area contributed by atoms with Crippen LogP contribution in [0.25, 0.3) is 11.6 Å². The van der Waals surface area contributed by atoms with Crippen LogP contribution in [0, 0.1) is 5.92 Å². The Bertz CT molecular complexity index is 805. The molecule has 0 spiro atoms. The van der Waals surface area contributed by atoms with Crippen molar-refractivity contribution in [2.24, 2.45) is 5.92 Å². The van der Waals surface area contributed by atoms with Gasteiger partial charge in [-0.3, -0.25) is 9.59 Å². The molecule has 1 aliphatic carbocycles. The SMILES string of the molecule is O=C(CCc1nc(-c2ccco2)no1)NC1CCC(C(=O)N2CCOCC2)CC1. The van der Waals surface area contributed by atoms with E-state index in [4.69, 9.17) is 13.7 Å². The number of carbonyl (C=O) groups is 2. The predicted octanol–water partition coefficient (Wildman–Crippen LogP) is 1.80. The Morgan fingerprint density at radius 1 is 1.17 bits per heavy atom. The third-order valence-corrected chi connectivity index (χ3v) is 5.54. The average Bonchev–Trinajstić information content (AvgIpc) is 3.45. The van der Waals surface area contributed by atoms with Crippen LogP contribution in [0.2, 0.25) is 0 Å². The van der Waals surface area contributed by atoms with Gasteiger partial charge in [0.2, 0.25) is 23.5 Å². The summed E-state index contributed by atoms with van der Waals surface area (Å²) in [6, 6.07) is 3.63. The molecule has 1 N–H and O–H groups in total. The molecule has 0 bridgehead atoms. The van der Waals surface area contributed by atoms with Gasteiger partial charge in [0.25, 0.3) is 0 Å². The van der Waals surface area contributed by atoms with Gasteiger partial charge in [-0.2, -0.15) is 4.98 Å². The molecule has 9 heteroatoms. The second-order valence-electron chi connectivity index (χ2n) is 7.54. The van der Waals surface area contributed by atoms with Crippen molar-refractivity contribution >= 4 is 11.8 Å². The molecule has 29 heavy (non-hydrogen) atoms. The van der Waals surface area contributed by atoms with E-state index in [0.29, 0.717) is 50.2 Å². The molecular formula is C20H26N4O5. The van der Waals surface area contributed by atoms with Gasteiger partial charge in [-0.1, -0.05) is 5.16 Å². The first-order valence-corrected chi connectivity index (χ1v) is 10.2. The standard InChI is InChI=1S/C20H26N4O5/c25-17(7-8-18-22-19(23-29-18)16-2-1-11-28-16)21-15-5-3-14(4-6-15)20(26)24-9-12-27-13-10-24/h1-2,11,14-15H,3-10,12-13H2,(H,21,25). The lowest BCUT2D eigenvalue weighted by molar-refractivity contribution is -0.140. The zero-order valence-corrected chi connectivity index (χ0v) is 16.3. The Morgan fingerprint density at radius 2 is 1.97 bits per heavy atom. The zero-order chi connectivity index (χ0) is 20.1. The Labute approximate surface area is 168 Å². The topological polar surface area (TPSA) is 111 Å². The van der Waals surface area contributed by atoms with Crippen LogP contribution in [-0.4, -0.2) is 59.2 Å². The van der Waals surface area contributed by atoms with Gasteiger partial charge < -0.3 is 23.9 Å². The van der Waals surface area contributed by atoms with Gasteiger partial charge in [0.1, 0.15) is 0 Å². The number of ether oxygens (including phenoxy) is 1. The molecule has 0 radical (unpaired) electrons. The summed E-state index contributed by atoms with van der Waals surface area (Å²) >= 11 is 0. The summed E-state index contributed by atoms with van der Waals surface area (Å²) in [5.74, 6) is 1.60. The molecule has 156 valence electrons. The lowest BCUT2D eigenvalue weighted by atomic mass is 9.85. The normalized spacial score (nSPS) is 22.4. The van der Waals surface area contributed by atoms with Gasteiger partial charge in [-0.25, -0.2) is 0 Å². The Kier molecular flexibility index (Phi) is 6.24. The summed E-state index contributed by atoms with van der Waals surface area (Å²) in [4.78, 5) is 31.0. The van der Waals surface area contributed by atoms with Crippen molar-refractivity contribution in [3.8, 4) is 11.6 Å². The fourth-order valence-electron chi connectivity index (χ4n) is 3.91. The molecule has 2 aromatic rings. The second-order valence-corrected chi connectivity index (χ2v) is 7.54. The van der Waals surface area contributed by atoms with Crippen LogP contribution in [0.1, 0.15) is 38.0 Å². The van der Waals surface area contributed by atoms with Crippen molar-refractivity contribution in [3.05, 3.63) is 24.3 Å². The fraction of sp³-hybridized carbons (Fsp3) is 0.600. The van der Waals surface area contributed by atoms with Crippen molar-refractivity contribution in [1.82, 2.24) is 20.4 Å². The molecule has 2 aromatic heterocycles. The van der Waals surface area contributed by atoms with Crippen LogP contribution in [-0.2, 0) is 20.7 Å². The number of nitrogens with zero attached hydrogens (tertiary/aromatic N) is 3. The first-order chi connectivity index (χ1) is 14.2. The maximum atomic E-state index is 12.6. The molecule has 2 fully saturated rings. The highest BCUT2D eigenvalue weighted by atomic mass is 16.5. The van der Waals surface area contributed by atoms with Crippen LogP contribution in [0.15, 0.2) is 27.3 Å². The Balaban J connectivity index is 1.18. The number of hydrogen-bond acceptors (Lipinski definition) is 7. The number of rotatable bonds is 6. The Morgan fingerprint density at radius 3 is 2.69 bits per heavy atom. The summed E-state index contributed by atoms with van der Waals surface area (Å²) in [5, 5.41) is 6.93. The third-order valence-electron chi connectivity index (χ3n) is 5.54. The maximum absolute atomic E-state index is 12.6. The quantitative estimate of drug-likeness (QED) is 0.784. The van der Waals surface area contributed by atoms with Crippen molar-refractivity contribution in [2.45, 2.75) is 44.6 Å². The number of nitrogens with one attached hydrogen (secondary N) is 1. The summed E-state index contributed by atoms with van der Waals surface area (Å²) in [7, 11) is 0. The van der Waals surface area contributed by atoms with Gasteiger partial charge >= 0.3 is 0 Å². The van der Waals surface area contributed by atoms with Gasteiger partial charge in [-0.05, 0) is 37.8 Å². The van der Waals surface area contributed by atoms with Crippen LogP contribution >= 0.6 is 0 Å². The van der Waals surface area contributed by atoms with E-state index in [0.717, 1.165) is 25.7 Å². The molecule has 1 saturated heterocycles. The molecule has 2 amide bonds. The highest BCUT2D eigenvalue weighted by Crippen LogP contribution is 2.26. The summed E-state index contributed by atoms with van der Waals surface area (Å²) in [5.41, 5.74) is 0. The summed E-state index contributed by atoms with van der Waals surface area (Å²) < 4.78 is 15.7. The van der Waals surface area contributed by atoms with Crippen LogP contribution < -0.4 is 5.32 Å². The number of carbonyl (C=O) groups excluding carboxylic acids is 2. The van der Waals surface area contributed by atoms with Crippen molar-refractivity contribution in [1.29, 1.82) is 0 Å². The molecule has 0 atom stereocenters. The van der Waals surface area contributed by atoms with Crippen molar-refractivity contribution in [3.63, 3.8) is 0 Å². The van der Waals surface area contributed by atoms with Crippen molar-refractivity contribution < 1.29 is 23.3 Å². The molecule has 2 aliphatic rings. The van der Waals surface area contributed by atoms with E-state index in [1.54, 1.807) is 18.4 Å². The van der Waals surface area contributed by atoms with Gasteiger partial charge in [0.15, 0.2) is 5.76 Å². The molecular weight excluding hydrogens is 376 g/mol. The number of amides is 2. The molecule has 0 aromatic carbocycles. The van der Waals surface area contributed by atoms with E-state index < -0.39 is 0 Å². The minimum absolute atomic E-state index is 0.0364. The first-order valence-electron chi connectivity index (χ1n) is 10.2. The van der Waals surface area contributed by atoms with E-state index in [1.807, 2.05) is 4.90 Å². The van der Waals surface area contributed by atoms with Crippen LogP contribution in [0.3, 0.4) is 0 Å². The largest absolute Gasteiger partial charge is 0.461 e. The molecule has 0 unspecified atom stereocenters. The highest BCUT2D eigenvalue weighted by molar-refractivity contribution is 5.79. The molecule has 9 nitrogen and oxygen atoms in total. The fourth-order valence-corrected chi connectivity index (χ4v) is 3.91. The molecule has 1 saturated carbocycles. The first kappa shape index (κ1) is 19.6. The predicted molar refractivity (Wildman–Crippen MR) is 102 cm³/mol. The number of morpholine rings is 1. The summed E-state index contributed by atoms with van der Waals surface area (Å²) in [6.07, 6.45) is 5.50. The van der Waals surface area contributed by atoms with Gasteiger partial charge in [-0.15, -0.1) is 0 Å². The third kappa shape index (κ3) is 5.03. The molecule has 1 aliphatic heterocycles. The monoisotopic (exact) mass is 402 g/mol.